The Hall–Kier alpha value is -0.810. The Bertz CT molecular complexity index is 328. The van der Waals surface area contributed by atoms with E-state index in [1.165, 1.54) is 51.6 Å². The molecule has 2 rings (SSSR count). The minimum atomic E-state index is 0.273. The van der Waals surface area contributed by atoms with Crippen molar-refractivity contribution in [1.82, 2.24) is 10.2 Å². The fourth-order valence-corrected chi connectivity index (χ4v) is 3.26. The first-order valence-corrected chi connectivity index (χ1v) is 8.06. The summed E-state index contributed by atoms with van der Waals surface area (Å²) in [6.45, 7) is 6.90. The molecule has 20 heavy (non-hydrogen) atoms. The van der Waals surface area contributed by atoms with E-state index in [9.17, 15) is 0 Å². The third kappa shape index (κ3) is 4.63. The molecule has 1 aliphatic carbocycles. The Balaban J connectivity index is 1.55. The van der Waals surface area contributed by atoms with E-state index >= 15 is 0 Å². The van der Waals surface area contributed by atoms with Crippen LogP contribution in [0.1, 0.15) is 51.9 Å². The first-order chi connectivity index (χ1) is 9.65. The van der Waals surface area contributed by atoms with E-state index in [-0.39, 0.29) is 5.41 Å². The summed E-state index contributed by atoms with van der Waals surface area (Å²) in [5, 5.41) is 15.3. The van der Waals surface area contributed by atoms with E-state index in [0.717, 1.165) is 25.6 Å². The Morgan fingerprint density at radius 1 is 1.45 bits per heavy atom. The smallest absolute Gasteiger partial charge is 0.139 e. The highest BCUT2D eigenvalue weighted by Gasteiger charge is 2.42. The average Bonchev–Trinajstić information content (AvgIpc) is 3.20. The predicted molar refractivity (Wildman–Crippen MR) is 82.1 cm³/mol. The Kier molecular flexibility index (Phi) is 5.66. The number of likely N-dealkylation sites (tertiary alicyclic amines) is 1. The monoisotopic (exact) mass is 282 g/mol. The predicted octanol–water partition coefficient (Wildman–Crippen LogP) is 1.76. The topological polar surface area (TPSA) is 73.9 Å². The van der Waals surface area contributed by atoms with Gasteiger partial charge in [0, 0.05) is 19.0 Å². The molecule has 1 saturated carbocycles. The molecule has 2 aliphatic rings. The van der Waals surface area contributed by atoms with E-state index in [1.54, 1.807) is 0 Å². The van der Waals surface area contributed by atoms with Crippen molar-refractivity contribution in [2.45, 2.75) is 57.9 Å². The molecule has 0 spiro atoms. The van der Waals surface area contributed by atoms with Crippen LogP contribution in [-0.4, -0.2) is 48.2 Å². The van der Waals surface area contributed by atoms with E-state index < -0.39 is 0 Å². The van der Waals surface area contributed by atoms with Crippen LogP contribution < -0.4 is 11.1 Å². The number of amidine groups is 1. The lowest BCUT2D eigenvalue weighted by Crippen LogP contribution is -2.39. The van der Waals surface area contributed by atoms with Gasteiger partial charge in [-0.3, -0.25) is 0 Å². The first kappa shape index (κ1) is 15.6. The van der Waals surface area contributed by atoms with Gasteiger partial charge in [-0.2, -0.15) is 0 Å². The highest BCUT2D eigenvalue weighted by molar-refractivity contribution is 5.80. The van der Waals surface area contributed by atoms with Crippen molar-refractivity contribution in [2.75, 3.05) is 26.2 Å². The highest BCUT2D eigenvalue weighted by Crippen LogP contribution is 2.48. The zero-order valence-corrected chi connectivity index (χ0v) is 12.8. The fourth-order valence-electron chi connectivity index (χ4n) is 3.26. The molecule has 0 amide bonds. The quantitative estimate of drug-likeness (QED) is 0.208. The second kappa shape index (κ2) is 7.27. The maximum atomic E-state index is 8.64. The van der Waals surface area contributed by atoms with Gasteiger partial charge in [-0.25, -0.2) is 0 Å². The second-order valence-electron chi connectivity index (χ2n) is 6.68. The fraction of sp³-hybridized carbons (Fsp3) is 0.933. The van der Waals surface area contributed by atoms with E-state index in [0.29, 0.717) is 5.84 Å². The molecule has 5 heteroatoms. The van der Waals surface area contributed by atoms with E-state index in [1.807, 2.05) is 0 Å². The Morgan fingerprint density at radius 3 is 2.90 bits per heavy atom. The zero-order valence-electron chi connectivity index (χ0n) is 12.8. The molecule has 1 heterocycles. The van der Waals surface area contributed by atoms with Crippen LogP contribution in [0.3, 0.4) is 0 Å². The molecule has 116 valence electrons. The van der Waals surface area contributed by atoms with Crippen LogP contribution in [-0.2, 0) is 0 Å². The molecule has 1 aliphatic heterocycles. The number of nitrogens with zero attached hydrogens (tertiary/aromatic N) is 2. The second-order valence-corrected chi connectivity index (χ2v) is 6.68. The number of nitrogens with one attached hydrogen (secondary N) is 1. The summed E-state index contributed by atoms with van der Waals surface area (Å²) in [4.78, 5) is 2.62. The Morgan fingerprint density at radius 2 is 2.25 bits per heavy atom. The number of hydrogen-bond donors (Lipinski definition) is 3. The number of piperidine rings is 1. The minimum absolute atomic E-state index is 0.273. The van der Waals surface area contributed by atoms with Crippen molar-refractivity contribution in [3.8, 4) is 0 Å². The van der Waals surface area contributed by atoms with Crippen molar-refractivity contribution < 1.29 is 5.21 Å². The summed E-state index contributed by atoms with van der Waals surface area (Å²) < 4.78 is 0. The molecule has 0 bridgehead atoms. The summed E-state index contributed by atoms with van der Waals surface area (Å²) in [5.41, 5.74) is 5.88. The van der Waals surface area contributed by atoms with Gasteiger partial charge in [-0.05, 0) is 64.1 Å². The maximum absolute atomic E-state index is 8.64. The first-order valence-electron chi connectivity index (χ1n) is 8.06. The van der Waals surface area contributed by atoms with Crippen LogP contribution in [0.25, 0.3) is 0 Å². The summed E-state index contributed by atoms with van der Waals surface area (Å²) >= 11 is 0. The molecule has 0 aromatic rings. The molecular weight excluding hydrogens is 252 g/mol. The molecule has 5 nitrogen and oxygen atoms in total. The van der Waals surface area contributed by atoms with Crippen molar-refractivity contribution in [2.24, 2.45) is 16.3 Å². The lowest BCUT2D eigenvalue weighted by Gasteiger charge is -2.33. The third-order valence-corrected chi connectivity index (χ3v) is 4.88. The maximum Gasteiger partial charge on any atom is 0.139 e. The standard InChI is InChI=1S/C15H30N4O/c1-13-5-2-3-9-19(13)10-4-8-17-12-15(6-7-15)11-14(16)18-20/h13,17,20H,2-12H2,1H3,(H2,16,18). The normalized spacial score (nSPS) is 26.6. The Labute approximate surface area is 122 Å². The zero-order chi connectivity index (χ0) is 14.4. The van der Waals surface area contributed by atoms with Crippen molar-refractivity contribution in [3.63, 3.8) is 0 Å². The number of oxime groups is 1. The van der Waals surface area contributed by atoms with Crippen LogP contribution in [0.4, 0.5) is 0 Å². The van der Waals surface area contributed by atoms with Crippen LogP contribution in [0.15, 0.2) is 5.16 Å². The van der Waals surface area contributed by atoms with Crippen LogP contribution >= 0.6 is 0 Å². The highest BCUT2D eigenvalue weighted by atomic mass is 16.4. The molecule has 4 N–H and O–H groups in total. The number of nitrogens with two attached hydrogens (primary N) is 1. The van der Waals surface area contributed by atoms with Gasteiger partial charge in [0.15, 0.2) is 0 Å². The molecule has 1 unspecified atom stereocenters. The van der Waals surface area contributed by atoms with Gasteiger partial charge < -0.3 is 21.2 Å². The number of rotatable bonds is 8. The van der Waals surface area contributed by atoms with Crippen LogP contribution in [0.5, 0.6) is 0 Å². The summed E-state index contributed by atoms with van der Waals surface area (Å²) in [7, 11) is 0. The van der Waals surface area contributed by atoms with Crippen molar-refractivity contribution in [3.05, 3.63) is 0 Å². The molecule has 2 fully saturated rings. The molecule has 1 atom stereocenters. The molecule has 0 aromatic carbocycles. The van der Waals surface area contributed by atoms with Crippen molar-refractivity contribution >= 4 is 5.84 Å². The lowest BCUT2D eigenvalue weighted by atomic mass is 10.0. The van der Waals surface area contributed by atoms with Gasteiger partial charge in [-0.1, -0.05) is 11.6 Å². The largest absolute Gasteiger partial charge is 0.409 e. The minimum Gasteiger partial charge on any atom is -0.409 e. The molecular formula is C15H30N4O. The van der Waals surface area contributed by atoms with Gasteiger partial charge in [0.05, 0.1) is 0 Å². The third-order valence-electron chi connectivity index (χ3n) is 4.88. The molecule has 0 aromatic heterocycles. The average molecular weight is 282 g/mol. The van der Waals surface area contributed by atoms with Gasteiger partial charge in [0.25, 0.3) is 0 Å². The molecule has 1 saturated heterocycles. The van der Waals surface area contributed by atoms with Gasteiger partial charge in [0.2, 0.25) is 0 Å². The van der Waals surface area contributed by atoms with Gasteiger partial charge >= 0.3 is 0 Å². The van der Waals surface area contributed by atoms with Crippen molar-refractivity contribution in [1.29, 1.82) is 0 Å². The van der Waals surface area contributed by atoms with Gasteiger partial charge in [-0.15, -0.1) is 0 Å². The molecule has 0 radical (unpaired) electrons. The summed E-state index contributed by atoms with van der Waals surface area (Å²) in [6.07, 6.45) is 8.44. The SMILES string of the molecule is CC1CCCCN1CCCNCC1(CC(N)=NO)CC1. The van der Waals surface area contributed by atoms with E-state index in [2.05, 4.69) is 22.3 Å². The van der Waals surface area contributed by atoms with E-state index in [4.69, 9.17) is 10.9 Å². The van der Waals surface area contributed by atoms with Crippen LogP contribution in [0, 0.1) is 5.41 Å². The lowest BCUT2D eigenvalue weighted by molar-refractivity contribution is 0.158. The van der Waals surface area contributed by atoms with Gasteiger partial charge in [0.1, 0.15) is 5.84 Å². The van der Waals surface area contributed by atoms with Crippen LogP contribution in [0.2, 0.25) is 0 Å². The summed E-state index contributed by atoms with van der Waals surface area (Å²) in [6, 6.07) is 0.763. The summed E-state index contributed by atoms with van der Waals surface area (Å²) in [5.74, 6) is 0.367. The number of hydrogen-bond acceptors (Lipinski definition) is 4.